The maximum Gasteiger partial charge on any atom is 0.189 e. The second kappa shape index (κ2) is 12.0. The average Bonchev–Trinajstić information content (AvgIpc) is 3.73. The molecule has 0 atom stereocenters. The molecule has 0 radical (unpaired) electrons. The molecule has 10 rings (SSSR count). The van der Waals surface area contributed by atoms with Gasteiger partial charge in [0, 0.05) is 32.9 Å². The summed E-state index contributed by atoms with van der Waals surface area (Å²) >= 11 is 0. The summed E-state index contributed by atoms with van der Waals surface area (Å²) in [5.41, 5.74) is 14.5. The maximum atomic E-state index is 7.57. The topological polar surface area (TPSA) is 14.2 Å². The van der Waals surface area contributed by atoms with Gasteiger partial charge in [0.2, 0.25) is 0 Å². The number of nitrogens with zero attached hydrogens (tertiary/aromatic N) is 3. The van der Waals surface area contributed by atoms with Gasteiger partial charge in [-0.2, -0.15) is 0 Å². The van der Waals surface area contributed by atoms with Crippen LogP contribution in [0.3, 0.4) is 0 Å². The zero-order valence-corrected chi connectivity index (χ0v) is 28.2. The fourth-order valence-corrected chi connectivity index (χ4v) is 7.88. The quantitative estimate of drug-likeness (QED) is 0.163. The highest BCUT2D eigenvalue weighted by molar-refractivity contribution is 6.13. The molecule has 0 aliphatic heterocycles. The van der Waals surface area contributed by atoms with Crippen molar-refractivity contribution in [1.29, 1.82) is 0 Å². The summed E-state index contributed by atoms with van der Waals surface area (Å²) in [4.78, 5) is 3.69. The van der Waals surface area contributed by atoms with Crippen molar-refractivity contribution in [2.75, 3.05) is 0 Å². The van der Waals surface area contributed by atoms with E-state index in [4.69, 9.17) is 6.57 Å². The van der Waals surface area contributed by atoms with Gasteiger partial charge < -0.3 is 9.13 Å². The molecule has 0 bridgehead atoms. The molecule has 2 aromatic heterocycles. The molecule has 2 heterocycles. The SMILES string of the molecule is [C-]#[N+]c1cccc(-n2c3ccccc3c3cc(-c4ccc5c(c4)c4ccc(-c6cccc(-c7ccccc7)c6)cc4n5-c4ccccc4)ccc32)c1. The van der Waals surface area contributed by atoms with Crippen LogP contribution in [0.4, 0.5) is 5.69 Å². The fourth-order valence-electron chi connectivity index (χ4n) is 7.88. The van der Waals surface area contributed by atoms with Crippen LogP contribution in [0.25, 0.3) is 93.2 Å². The van der Waals surface area contributed by atoms with Crippen LogP contribution in [0.1, 0.15) is 0 Å². The molecule has 0 aliphatic rings. The van der Waals surface area contributed by atoms with Crippen LogP contribution < -0.4 is 0 Å². The third-order valence-corrected chi connectivity index (χ3v) is 10.3. The van der Waals surface area contributed by atoms with E-state index in [1.165, 1.54) is 66.0 Å². The Morgan fingerprint density at radius 1 is 0.308 bits per heavy atom. The standard InChI is InChI=1S/C49H31N3/c1-50-39-16-11-19-41(32-39)52-46-21-9-8-20-42(46)44-29-36(24-27-48(44)52)37-23-26-47-45(30-37)43-25-22-38(31-49(43)51(47)40-17-6-3-7-18-40)35-15-10-14-34(28-35)33-12-4-2-5-13-33/h2-32H. The minimum atomic E-state index is 0.635. The first-order chi connectivity index (χ1) is 25.7. The maximum absolute atomic E-state index is 7.57. The lowest BCUT2D eigenvalue weighted by atomic mass is 9.97. The van der Waals surface area contributed by atoms with Crippen molar-refractivity contribution in [3.8, 4) is 44.8 Å². The Bertz CT molecular complexity index is 3010. The Morgan fingerprint density at radius 2 is 0.808 bits per heavy atom. The molecule has 0 aliphatic carbocycles. The van der Waals surface area contributed by atoms with Crippen LogP contribution >= 0.6 is 0 Å². The predicted molar refractivity (Wildman–Crippen MR) is 218 cm³/mol. The van der Waals surface area contributed by atoms with Gasteiger partial charge in [-0.15, -0.1) is 0 Å². The molecule has 8 aromatic carbocycles. The van der Waals surface area contributed by atoms with Gasteiger partial charge >= 0.3 is 0 Å². The Balaban J connectivity index is 1.14. The van der Waals surface area contributed by atoms with Crippen LogP contribution in [-0.2, 0) is 0 Å². The minimum absolute atomic E-state index is 0.635. The van der Waals surface area contributed by atoms with E-state index in [9.17, 15) is 0 Å². The van der Waals surface area contributed by atoms with Crippen LogP contribution in [0.2, 0.25) is 0 Å². The van der Waals surface area contributed by atoms with Crippen molar-refractivity contribution in [3.63, 3.8) is 0 Å². The van der Waals surface area contributed by atoms with E-state index >= 15 is 0 Å². The third-order valence-electron chi connectivity index (χ3n) is 10.3. The highest BCUT2D eigenvalue weighted by Crippen LogP contribution is 2.40. The molecule has 0 N–H and O–H groups in total. The summed E-state index contributed by atoms with van der Waals surface area (Å²) in [5, 5.41) is 4.83. The van der Waals surface area contributed by atoms with E-state index in [1.54, 1.807) is 0 Å². The molecule has 10 aromatic rings. The van der Waals surface area contributed by atoms with Crippen molar-refractivity contribution in [2.45, 2.75) is 0 Å². The van der Waals surface area contributed by atoms with Gasteiger partial charge in [-0.05, 0) is 100 Å². The zero-order chi connectivity index (χ0) is 34.6. The van der Waals surface area contributed by atoms with Crippen molar-refractivity contribution in [1.82, 2.24) is 9.13 Å². The monoisotopic (exact) mass is 661 g/mol. The van der Waals surface area contributed by atoms with E-state index < -0.39 is 0 Å². The molecular weight excluding hydrogens is 631 g/mol. The van der Waals surface area contributed by atoms with Gasteiger partial charge in [0.15, 0.2) is 5.69 Å². The van der Waals surface area contributed by atoms with Crippen LogP contribution in [0.15, 0.2) is 188 Å². The summed E-state index contributed by atoms with van der Waals surface area (Å²) in [5.74, 6) is 0. The second-order valence-corrected chi connectivity index (χ2v) is 13.3. The molecule has 52 heavy (non-hydrogen) atoms. The van der Waals surface area contributed by atoms with Crippen molar-refractivity contribution < 1.29 is 0 Å². The van der Waals surface area contributed by atoms with Gasteiger partial charge in [-0.1, -0.05) is 121 Å². The lowest BCUT2D eigenvalue weighted by Crippen LogP contribution is -1.93. The van der Waals surface area contributed by atoms with Gasteiger partial charge in [0.1, 0.15) is 0 Å². The van der Waals surface area contributed by atoms with Gasteiger partial charge in [0.25, 0.3) is 0 Å². The Labute approximate surface area is 301 Å². The molecule has 0 amide bonds. The first-order valence-electron chi connectivity index (χ1n) is 17.5. The van der Waals surface area contributed by atoms with Crippen molar-refractivity contribution in [3.05, 3.63) is 199 Å². The number of hydrogen-bond acceptors (Lipinski definition) is 0. The van der Waals surface area contributed by atoms with Gasteiger partial charge in [-0.3, -0.25) is 0 Å². The number of hydrogen-bond donors (Lipinski definition) is 0. The Hall–Kier alpha value is -7.15. The predicted octanol–water partition coefficient (Wildman–Crippen LogP) is 13.4. The lowest BCUT2D eigenvalue weighted by molar-refractivity contribution is 1.18. The smallest absolute Gasteiger partial charge is 0.189 e. The van der Waals surface area contributed by atoms with Crippen LogP contribution in [0, 0.1) is 6.57 Å². The fraction of sp³-hybridized carbons (Fsp3) is 0. The van der Waals surface area contributed by atoms with Crippen LogP contribution in [0.5, 0.6) is 0 Å². The highest BCUT2D eigenvalue weighted by atomic mass is 15.0. The minimum Gasteiger partial charge on any atom is -0.311 e. The number of para-hydroxylation sites is 2. The largest absolute Gasteiger partial charge is 0.311 e. The first kappa shape index (κ1) is 29.7. The van der Waals surface area contributed by atoms with E-state index in [0.29, 0.717) is 5.69 Å². The molecule has 3 nitrogen and oxygen atoms in total. The summed E-state index contributed by atoms with van der Waals surface area (Å²) in [7, 11) is 0. The number of rotatable bonds is 5. The van der Waals surface area contributed by atoms with Gasteiger partial charge in [0.05, 0.1) is 28.6 Å². The molecule has 0 saturated carbocycles. The van der Waals surface area contributed by atoms with Crippen molar-refractivity contribution >= 4 is 49.3 Å². The summed E-state index contributed by atoms with van der Waals surface area (Å²) in [6, 6.07) is 67.0. The average molecular weight is 662 g/mol. The Kier molecular flexibility index (Phi) is 6.87. The summed E-state index contributed by atoms with van der Waals surface area (Å²) in [6.45, 7) is 7.57. The molecule has 0 saturated heterocycles. The normalized spacial score (nSPS) is 11.4. The van der Waals surface area contributed by atoms with E-state index in [1.807, 2.05) is 18.2 Å². The van der Waals surface area contributed by atoms with E-state index in [0.717, 1.165) is 22.4 Å². The molecule has 3 heteroatoms. The van der Waals surface area contributed by atoms with E-state index in [-0.39, 0.29) is 0 Å². The lowest BCUT2D eigenvalue weighted by Gasteiger charge is -2.10. The van der Waals surface area contributed by atoms with E-state index in [2.05, 4.69) is 184 Å². The van der Waals surface area contributed by atoms with Crippen molar-refractivity contribution in [2.24, 2.45) is 0 Å². The summed E-state index contributed by atoms with van der Waals surface area (Å²) in [6.07, 6.45) is 0. The highest BCUT2D eigenvalue weighted by Gasteiger charge is 2.17. The Morgan fingerprint density at radius 3 is 1.54 bits per heavy atom. The molecule has 242 valence electrons. The molecular formula is C49H31N3. The van der Waals surface area contributed by atoms with Crippen LogP contribution in [-0.4, -0.2) is 9.13 Å². The molecule has 0 fully saturated rings. The number of fused-ring (bicyclic) bond motifs is 6. The third kappa shape index (κ3) is 4.81. The second-order valence-electron chi connectivity index (χ2n) is 13.3. The summed E-state index contributed by atoms with van der Waals surface area (Å²) < 4.78 is 4.67. The molecule has 0 unspecified atom stereocenters. The number of aromatic nitrogens is 2. The number of benzene rings is 8. The van der Waals surface area contributed by atoms with Gasteiger partial charge in [-0.25, -0.2) is 4.85 Å². The zero-order valence-electron chi connectivity index (χ0n) is 28.2. The first-order valence-corrected chi connectivity index (χ1v) is 17.5. The molecule has 0 spiro atoms.